The number of benzene rings is 2. The number of nitro groups is 1. The first-order valence-corrected chi connectivity index (χ1v) is 7.92. The van der Waals surface area contributed by atoms with Crippen LogP contribution in [0.2, 0.25) is 0 Å². The molecule has 0 saturated carbocycles. The van der Waals surface area contributed by atoms with Crippen molar-refractivity contribution in [1.82, 2.24) is 0 Å². The zero-order chi connectivity index (χ0) is 19.6. The van der Waals surface area contributed by atoms with Crippen LogP contribution in [0.1, 0.15) is 5.56 Å². The van der Waals surface area contributed by atoms with E-state index in [0.717, 1.165) is 17.7 Å². The normalized spacial score (nSPS) is 12.5. The topological polar surface area (TPSA) is 136 Å². The van der Waals surface area contributed by atoms with Crippen LogP contribution >= 0.6 is 0 Å². The molecule has 0 spiro atoms. The molecule has 1 aliphatic heterocycles. The van der Waals surface area contributed by atoms with Crippen molar-refractivity contribution in [1.29, 1.82) is 0 Å². The van der Waals surface area contributed by atoms with E-state index >= 15 is 0 Å². The number of rotatable bonds is 7. The number of hydrazine groups is 1. The first kappa shape index (κ1) is 18.5. The smallest absolute Gasteiger partial charge is 0.162 e. The van der Waals surface area contributed by atoms with Gasteiger partial charge in [-0.25, -0.2) is 10.1 Å². The standard InChI is InChI=1S/C16H19N5O6/c1-25-15-7-10-5-6-19(14(10)9-16(15)26-2)13-4-3-11(20(22)27-17)8-12(13)18-21(23)24/h3-4,7-9,18,22H,5-6,17H2,1-2H3. The predicted octanol–water partition coefficient (Wildman–Crippen LogP) is 2.00. The lowest BCUT2D eigenvalue weighted by atomic mass is 10.1. The molecule has 11 nitrogen and oxygen atoms in total. The highest BCUT2D eigenvalue weighted by Gasteiger charge is 2.26. The summed E-state index contributed by atoms with van der Waals surface area (Å²) in [4.78, 5) is 17.2. The van der Waals surface area contributed by atoms with Gasteiger partial charge in [-0.15, -0.1) is 10.7 Å². The predicted molar refractivity (Wildman–Crippen MR) is 96.9 cm³/mol. The van der Waals surface area contributed by atoms with Gasteiger partial charge in [0.05, 0.1) is 25.6 Å². The first-order chi connectivity index (χ1) is 13.0. The molecule has 3 rings (SSSR count). The lowest BCUT2D eigenvalue weighted by Gasteiger charge is -2.23. The number of anilines is 4. The largest absolute Gasteiger partial charge is 0.493 e. The number of hydrogen-bond donors (Lipinski definition) is 3. The summed E-state index contributed by atoms with van der Waals surface area (Å²) in [5.74, 6) is 6.10. The van der Waals surface area contributed by atoms with E-state index in [1.807, 2.05) is 17.0 Å². The maximum absolute atomic E-state index is 11.0. The highest BCUT2D eigenvalue weighted by Crippen LogP contribution is 2.44. The molecule has 0 fully saturated rings. The van der Waals surface area contributed by atoms with Crippen LogP contribution in [0.5, 0.6) is 11.5 Å². The van der Waals surface area contributed by atoms with Crippen molar-refractivity contribution in [2.24, 2.45) is 5.90 Å². The van der Waals surface area contributed by atoms with Crippen LogP contribution in [0.4, 0.5) is 22.7 Å². The van der Waals surface area contributed by atoms with Crippen LogP contribution in [0.15, 0.2) is 30.3 Å². The van der Waals surface area contributed by atoms with E-state index in [-0.39, 0.29) is 11.4 Å². The number of nitrogens with zero attached hydrogens (tertiary/aromatic N) is 3. The van der Waals surface area contributed by atoms with Gasteiger partial charge >= 0.3 is 0 Å². The van der Waals surface area contributed by atoms with Crippen LogP contribution < -0.4 is 30.9 Å². The molecule has 4 N–H and O–H groups in total. The Morgan fingerprint density at radius 2 is 1.93 bits per heavy atom. The van der Waals surface area contributed by atoms with Crippen LogP contribution in [-0.2, 0) is 11.4 Å². The van der Waals surface area contributed by atoms with Gasteiger partial charge in [-0.1, -0.05) is 0 Å². The molecular formula is C16H19N5O6. The van der Waals surface area contributed by atoms with Gasteiger partial charge in [-0.05, 0) is 36.2 Å². The molecule has 27 heavy (non-hydrogen) atoms. The molecule has 0 aromatic heterocycles. The minimum atomic E-state index is -0.681. The van der Waals surface area contributed by atoms with Crippen molar-refractivity contribution >= 4 is 22.7 Å². The van der Waals surface area contributed by atoms with Gasteiger partial charge in [0.25, 0.3) is 0 Å². The van der Waals surface area contributed by atoms with E-state index in [4.69, 9.17) is 15.4 Å². The number of nitrogens with one attached hydrogen (secondary N) is 1. The van der Waals surface area contributed by atoms with E-state index in [1.165, 1.54) is 12.1 Å². The molecule has 0 bridgehead atoms. The second-order valence-corrected chi connectivity index (χ2v) is 5.69. The molecule has 1 heterocycles. The van der Waals surface area contributed by atoms with Gasteiger partial charge in [0.1, 0.15) is 5.69 Å². The average Bonchev–Trinajstić information content (AvgIpc) is 3.08. The van der Waals surface area contributed by atoms with Gasteiger partial charge in [0, 0.05) is 18.3 Å². The minimum Gasteiger partial charge on any atom is -0.493 e. The first-order valence-electron chi connectivity index (χ1n) is 7.92. The zero-order valence-corrected chi connectivity index (χ0v) is 14.7. The quantitative estimate of drug-likeness (QED) is 0.485. The van der Waals surface area contributed by atoms with Gasteiger partial charge in [-0.3, -0.25) is 5.21 Å². The molecule has 0 amide bonds. The van der Waals surface area contributed by atoms with Crippen molar-refractivity contribution in [3.8, 4) is 11.5 Å². The van der Waals surface area contributed by atoms with Crippen LogP contribution in [0, 0.1) is 10.1 Å². The maximum atomic E-state index is 11.0. The van der Waals surface area contributed by atoms with E-state index in [0.29, 0.717) is 29.0 Å². The molecule has 1 aliphatic rings. The Morgan fingerprint density at radius 1 is 1.22 bits per heavy atom. The van der Waals surface area contributed by atoms with Crippen molar-refractivity contribution in [2.75, 3.05) is 36.3 Å². The molecule has 0 unspecified atom stereocenters. The maximum Gasteiger partial charge on any atom is 0.162 e. The minimum absolute atomic E-state index is 0.123. The number of hydrogen-bond acceptors (Lipinski definition) is 9. The lowest BCUT2D eigenvalue weighted by molar-refractivity contribution is -0.445. The third-order valence-electron chi connectivity index (χ3n) is 4.28. The summed E-state index contributed by atoms with van der Waals surface area (Å²) in [7, 11) is 3.11. The molecule has 11 heteroatoms. The van der Waals surface area contributed by atoms with Crippen molar-refractivity contribution in [2.45, 2.75) is 6.42 Å². The number of fused-ring (bicyclic) bond motifs is 1. The van der Waals surface area contributed by atoms with E-state index < -0.39 is 5.03 Å². The highest BCUT2D eigenvalue weighted by molar-refractivity contribution is 5.82. The van der Waals surface area contributed by atoms with E-state index in [9.17, 15) is 15.3 Å². The Balaban J connectivity index is 2.06. The van der Waals surface area contributed by atoms with Crippen molar-refractivity contribution < 1.29 is 24.7 Å². The third-order valence-corrected chi connectivity index (χ3v) is 4.28. The van der Waals surface area contributed by atoms with Crippen molar-refractivity contribution in [3.63, 3.8) is 0 Å². The molecule has 0 aliphatic carbocycles. The molecular weight excluding hydrogens is 358 g/mol. The molecule has 2 aromatic carbocycles. The van der Waals surface area contributed by atoms with Crippen LogP contribution in [0.3, 0.4) is 0 Å². The zero-order valence-electron chi connectivity index (χ0n) is 14.7. The summed E-state index contributed by atoms with van der Waals surface area (Å²) in [6.07, 6.45) is 0.730. The van der Waals surface area contributed by atoms with Gasteiger partial charge in [-0.2, -0.15) is 10.8 Å². The van der Waals surface area contributed by atoms with Gasteiger partial charge < -0.3 is 14.4 Å². The average molecular weight is 377 g/mol. The number of methoxy groups -OCH3 is 2. The summed E-state index contributed by atoms with van der Waals surface area (Å²) in [5.41, 5.74) is 4.85. The Kier molecular flexibility index (Phi) is 5.16. The van der Waals surface area contributed by atoms with E-state index in [2.05, 4.69) is 10.4 Å². The van der Waals surface area contributed by atoms with E-state index in [1.54, 1.807) is 20.3 Å². The molecule has 0 saturated heterocycles. The Hall–Kier alpha value is -3.28. The number of ether oxygens (including phenoxy) is 2. The van der Waals surface area contributed by atoms with Crippen molar-refractivity contribution in [3.05, 3.63) is 46.0 Å². The summed E-state index contributed by atoms with van der Waals surface area (Å²) < 4.78 is 10.7. The molecule has 0 radical (unpaired) electrons. The Morgan fingerprint density at radius 3 is 2.56 bits per heavy atom. The Labute approximate surface area is 154 Å². The lowest BCUT2D eigenvalue weighted by Crippen LogP contribution is -2.23. The summed E-state index contributed by atoms with van der Waals surface area (Å²) >= 11 is 0. The third kappa shape index (κ3) is 3.51. The fourth-order valence-corrected chi connectivity index (χ4v) is 3.09. The molecule has 0 atom stereocenters. The number of nitrogens with two attached hydrogens (primary N) is 1. The Bertz CT molecular complexity index is 861. The van der Waals surface area contributed by atoms with Gasteiger partial charge in [0.15, 0.2) is 16.5 Å². The second kappa shape index (κ2) is 7.53. The van der Waals surface area contributed by atoms with Crippen LogP contribution in [-0.4, -0.2) is 31.0 Å². The fraction of sp³-hybridized carbons (Fsp3) is 0.250. The monoisotopic (exact) mass is 377 g/mol. The molecule has 2 aromatic rings. The summed E-state index contributed by atoms with van der Waals surface area (Å²) in [5, 5.41) is 20.2. The van der Waals surface area contributed by atoms with Crippen LogP contribution in [0.25, 0.3) is 0 Å². The highest BCUT2D eigenvalue weighted by atomic mass is 16.9. The van der Waals surface area contributed by atoms with Gasteiger partial charge in [0.2, 0.25) is 0 Å². The molecule has 144 valence electrons. The summed E-state index contributed by atoms with van der Waals surface area (Å²) in [6.45, 7) is 0.605. The second-order valence-electron chi connectivity index (χ2n) is 5.69. The summed E-state index contributed by atoms with van der Waals surface area (Å²) in [6, 6.07) is 8.21. The SMILES string of the molecule is COc1cc2c(cc1OC)N(c1ccc(N(O)ON)cc1N[N+](=O)[O-])CC2. The fourth-order valence-electron chi connectivity index (χ4n) is 3.09.